The number of carbonyl (C=O) groups excluding carboxylic acids is 1. The number of aromatic carboxylic acids is 1. The number of benzene rings is 1. The summed E-state index contributed by atoms with van der Waals surface area (Å²) in [6, 6.07) is 10.9. The summed E-state index contributed by atoms with van der Waals surface area (Å²) in [5.74, 6) is -1.70. The molecule has 2 unspecified atom stereocenters. The number of carboxylic acids is 1. The molecular weight excluding hydrogens is 322 g/mol. The molecular formula is C19H21NO5. The van der Waals surface area contributed by atoms with E-state index in [-0.39, 0.29) is 23.5 Å². The largest absolute Gasteiger partial charge is 0.475 e. The van der Waals surface area contributed by atoms with Gasteiger partial charge >= 0.3 is 5.97 Å². The zero-order valence-corrected chi connectivity index (χ0v) is 14.0. The maximum absolute atomic E-state index is 12.2. The van der Waals surface area contributed by atoms with Crippen LogP contribution < -0.4 is 5.32 Å². The van der Waals surface area contributed by atoms with Gasteiger partial charge in [0.05, 0.1) is 6.10 Å². The number of rotatable bonds is 5. The smallest absolute Gasteiger partial charge is 0.371 e. The van der Waals surface area contributed by atoms with Crippen LogP contribution in [0.4, 0.5) is 0 Å². The van der Waals surface area contributed by atoms with Crippen molar-refractivity contribution in [3.05, 3.63) is 59.0 Å². The molecule has 1 aromatic carbocycles. The van der Waals surface area contributed by atoms with Crippen molar-refractivity contribution < 1.29 is 23.8 Å². The average Bonchev–Trinajstić information content (AvgIpc) is 3.11. The van der Waals surface area contributed by atoms with E-state index < -0.39 is 11.9 Å². The molecule has 1 aliphatic heterocycles. The summed E-state index contributed by atoms with van der Waals surface area (Å²) in [6.45, 7) is 3.20. The van der Waals surface area contributed by atoms with Crippen molar-refractivity contribution in [1.29, 1.82) is 0 Å². The molecule has 0 aliphatic carbocycles. The van der Waals surface area contributed by atoms with Crippen molar-refractivity contribution in [3.8, 4) is 0 Å². The predicted octanol–water partition coefficient (Wildman–Crippen LogP) is 3.18. The van der Waals surface area contributed by atoms with Crippen molar-refractivity contribution in [2.24, 2.45) is 5.92 Å². The van der Waals surface area contributed by atoms with Crippen LogP contribution in [-0.2, 0) is 4.74 Å². The third-order valence-corrected chi connectivity index (χ3v) is 4.42. The van der Waals surface area contributed by atoms with Crippen molar-refractivity contribution in [2.45, 2.75) is 25.9 Å². The Morgan fingerprint density at radius 3 is 2.56 bits per heavy atom. The lowest BCUT2D eigenvalue weighted by molar-refractivity contribution is -0.0273. The highest BCUT2D eigenvalue weighted by atomic mass is 16.5. The first-order chi connectivity index (χ1) is 12.0. The molecule has 132 valence electrons. The molecule has 0 radical (unpaired) electrons. The number of amides is 1. The second kappa shape index (κ2) is 7.53. The van der Waals surface area contributed by atoms with Crippen molar-refractivity contribution in [1.82, 2.24) is 5.32 Å². The van der Waals surface area contributed by atoms with E-state index in [4.69, 9.17) is 14.3 Å². The molecule has 1 saturated heterocycles. The molecule has 2 N–H and O–H groups in total. The Labute approximate surface area is 145 Å². The highest BCUT2D eigenvalue weighted by Gasteiger charge is 2.28. The summed E-state index contributed by atoms with van der Waals surface area (Å²) >= 11 is 0. The zero-order valence-electron chi connectivity index (χ0n) is 14.0. The van der Waals surface area contributed by atoms with Crippen molar-refractivity contribution >= 4 is 11.9 Å². The normalized spacial score (nSPS) is 20.2. The Hall–Kier alpha value is -2.60. The summed E-state index contributed by atoms with van der Waals surface area (Å²) in [7, 11) is 0. The lowest BCUT2D eigenvalue weighted by Crippen LogP contribution is -2.35. The quantitative estimate of drug-likeness (QED) is 0.870. The van der Waals surface area contributed by atoms with Crippen LogP contribution in [0, 0.1) is 12.8 Å². The van der Waals surface area contributed by atoms with Crippen LogP contribution in [0.25, 0.3) is 0 Å². The highest BCUT2D eigenvalue weighted by Crippen LogP contribution is 2.33. The summed E-state index contributed by atoms with van der Waals surface area (Å²) in [5, 5.41) is 11.7. The van der Waals surface area contributed by atoms with Crippen LogP contribution in [0.15, 0.2) is 40.8 Å². The molecule has 1 amide bonds. The Balaban J connectivity index is 1.64. The zero-order chi connectivity index (χ0) is 17.8. The molecule has 6 heteroatoms. The van der Waals surface area contributed by atoms with Gasteiger partial charge in [0.1, 0.15) is 0 Å². The maximum Gasteiger partial charge on any atom is 0.371 e. The number of hydrogen-bond donors (Lipinski definition) is 2. The predicted molar refractivity (Wildman–Crippen MR) is 90.6 cm³/mol. The fraction of sp³-hybridized carbons (Fsp3) is 0.368. The molecule has 2 aromatic rings. The van der Waals surface area contributed by atoms with Gasteiger partial charge in [0.2, 0.25) is 5.76 Å². The van der Waals surface area contributed by atoms with Gasteiger partial charge in [0.15, 0.2) is 5.76 Å². The average molecular weight is 343 g/mol. The van der Waals surface area contributed by atoms with E-state index in [9.17, 15) is 9.59 Å². The number of carboxylic acid groups (broad SMARTS) is 1. The van der Waals surface area contributed by atoms with Gasteiger partial charge in [-0.2, -0.15) is 0 Å². The van der Waals surface area contributed by atoms with Crippen LogP contribution in [0.3, 0.4) is 0 Å². The molecule has 1 aliphatic rings. The van der Waals surface area contributed by atoms with Crippen LogP contribution in [0.2, 0.25) is 0 Å². The molecule has 6 nitrogen and oxygen atoms in total. The Bertz CT molecular complexity index is 749. The molecule has 0 bridgehead atoms. The minimum atomic E-state index is -1.20. The van der Waals surface area contributed by atoms with Gasteiger partial charge in [-0.1, -0.05) is 29.8 Å². The second-order valence-corrected chi connectivity index (χ2v) is 6.28. The molecule has 0 saturated carbocycles. The molecule has 2 atom stereocenters. The number of ether oxygens (including phenoxy) is 1. The Kier molecular flexibility index (Phi) is 5.19. The number of hydrogen-bond acceptors (Lipinski definition) is 4. The summed E-state index contributed by atoms with van der Waals surface area (Å²) in [4.78, 5) is 23.0. The standard InChI is InChI=1S/C19H21NO5/c1-12-4-6-13(7-5-12)17-14(3-2-10-24-17)11-20-18(21)15-8-9-16(25-15)19(22)23/h4-9,14,17H,2-3,10-11H2,1H3,(H,20,21)(H,22,23). The van der Waals surface area contributed by atoms with Gasteiger partial charge in [-0.05, 0) is 37.5 Å². The van der Waals surface area contributed by atoms with Crippen LogP contribution >= 0.6 is 0 Å². The van der Waals surface area contributed by atoms with Crippen molar-refractivity contribution in [2.75, 3.05) is 13.2 Å². The minimum absolute atomic E-state index is 0.000939. The fourth-order valence-electron chi connectivity index (χ4n) is 3.06. The maximum atomic E-state index is 12.2. The van der Waals surface area contributed by atoms with Gasteiger partial charge in [-0.15, -0.1) is 0 Å². The van der Waals surface area contributed by atoms with Gasteiger partial charge in [0.25, 0.3) is 5.91 Å². The van der Waals surface area contributed by atoms with E-state index in [0.29, 0.717) is 13.2 Å². The first-order valence-corrected chi connectivity index (χ1v) is 8.34. The monoisotopic (exact) mass is 343 g/mol. The SMILES string of the molecule is Cc1ccc(C2OCCCC2CNC(=O)c2ccc(C(=O)O)o2)cc1. The molecule has 25 heavy (non-hydrogen) atoms. The lowest BCUT2D eigenvalue weighted by Gasteiger charge is -2.32. The number of carbonyl (C=O) groups is 2. The van der Waals surface area contributed by atoms with E-state index in [1.807, 2.05) is 6.92 Å². The molecule has 0 spiro atoms. The minimum Gasteiger partial charge on any atom is -0.475 e. The molecule has 1 fully saturated rings. The molecule has 2 heterocycles. The lowest BCUT2D eigenvalue weighted by atomic mass is 9.89. The van der Waals surface area contributed by atoms with Crippen LogP contribution in [-0.4, -0.2) is 30.1 Å². The first kappa shape index (κ1) is 17.2. The number of furan rings is 1. The van der Waals surface area contributed by atoms with Gasteiger partial charge in [-0.3, -0.25) is 4.79 Å². The molecule has 3 rings (SSSR count). The second-order valence-electron chi connectivity index (χ2n) is 6.28. The third kappa shape index (κ3) is 4.09. The Morgan fingerprint density at radius 2 is 1.88 bits per heavy atom. The summed E-state index contributed by atoms with van der Waals surface area (Å²) in [6.07, 6.45) is 1.85. The van der Waals surface area contributed by atoms with Gasteiger partial charge in [0, 0.05) is 19.1 Å². The van der Waals surface area contributed by atoms with E-state index in [1.54, 1.807) is 0 Å². The number of nitrogens with one attached hydrogen (secondary N) is 1. The van der Waals surface area contributed by atoms with Gasteiger partial charge in [-0.25, -0.2) is 4.79 Å². The van der Waals surface area contributed by atoms with Crippen LogP contribution in [0.5, 0.6) is 0 Å². The highest BCUT2D eigenvalue weighted by molar-refractivity contribution is 5.93. The Morgan fingerprint density at radius 1 is 1.16 bits per heavy atom. The first-order valence-electron chi connectivity index (χ1n) is 8.34. The van der Waals surface area contributed by atoms with Crippen LogP contribution in [0.1, 0.15) is 51.2 Å². The summed E-state index contributed by atoms with van der Waals surface area (Å²) in [5.41, 5.74) is 2.30. The van der Waals surface area contributed by atoms with E-state index in [2.05, 4.69) is 29.6 Å². The van der Waals surface area contributed by atoms with Crippen molar-refractivity contribution in [3.63, 3.8) is 0 Å². The van der Waals surface area contributed by atoms with E-state index in [1.165, 1.54) is 17.7 Å². The topological polar surface area (TPSA) is 88.8 Å². The third-order valence-electron chi connectivity index (χ3n) is 4.42. The number of aryl methyl sites for hydroxylation is 1. The van der Waals surface area contributed by atoms with Gasteiger partial charge < -0.3 is 19.6 Å². The van der Waals surface area contributed by atoms with E-state index in [0.717, 1.165) is 18.4 Å². The summed E-state index contributed by atoms with van der Waals surface area (Å²) < 4.78 is 11.0. The molecule has 1 aromatic heterocycles. The van der Waals surface area contributed by atoms with E-state index >= 15 is 0 Å². The fourth-order valence-corrected chi connectivity index (χ4v) is 3.06.